The molecule has 0 aliphatic heterocycles. The normalized spacial score (nSPS) is 16.6. The Morgan fingerprint density at radius 3 is 2.88 bits per heavy atom. The van der Waals surface area contributed by atoms with Crippen molar-refractivity contribution in [3.63, 3.8) is 0 Å². The highest BCUT2D eigenvalue weighted by Crippen LogP contribution is 2.36. The third kappa shape index (κ3) is 2.91. The van der Waals surface area contributed by atoms with E-state index < -0.39 is 5.97 Å². The molecule has 0 radical (unpaired) electrons. The lowest BCUT2D eigenvalue weighted by Gasteiger charge is -2.14. The predicted octanol–water partition coefficient (Wildman–Crippen LogP) is 3.50. The van der Waals surface area contributed by atoms with Gasteiger partial charge in [-0.05, 0) is 36.8 Å². The van der Waals surface area contributed by atoms with Crippen LogP contribution in [0.5, 0.6) is 0 Å². The lowest BCUT2D eigenvalue weighted by Crippen LogP contribution is -2.15. The molecule has 1 aromatic carbocycles. The first-order valence-electron chi connectivity index (χ1n) is 5.85. The zero-order valence-corrected chi connectivity index (χ0v) is 10.5. The van der Waals surface area contributed by atoms with Crippen LogP contribution in [0.1, 0.15) is 30.1 Å². The number of benzene rings is 1. The van der Waals surface area contributed by atoms with E-state index in [1.165, 1.54) is 12.8 Å². The van der Waals surface area contributed by atoms with E-state index in [2.05, 4.69) is 12.2 Å². The van der Waals surface area contributed by atoms with Gasteiger partial charge in [-0.25, -0.2) is 4.79 Å². The molecule has 0 amide bonds. The Morgan fingerprint density at radius 2 is 2.29 bits per heavy atom. The maximum Gasteiger partial charge on any atom is 0.339 e. The van der Waals surface area contributed by atoms with E-state index in [4.69, 9.17) is 16.7 Å². The number of halogens is 1. The van der Waals surface area contributed by atoms with E-state index in [0.29, 0.717) is 11.6 Å². The molecule has 0 aromatic heterocycles. The first-order chi connectivity index (χ1) is 8.09. The average Bonchev–Trinajstić information content (AvgIpc) is 3.08. The second-order valence-electron chi connectivity index (χ2n) is 4.66. The van der Waals surface area contributed by atoms with Crippen LogP contribution in [-0.4, -0.2) is 17.6 Å². The molecule has 0 heterocycles. The summed E-state index contributed by atoms with van der Waals surface area (Å²) in [5, 5.41) is 12.6. The molecule has 3 nitrogen and oxygen atoms in total. The van der Waals surface area contributed by atoms with Crippen LogP contribution in [0.2, 0.25) is 5.02 Å². The summed E-state index contributed by atoms with van der Waals surface area (Å²) in [6.07, 6.45) is 2.59. The molecule has 1 saturated carbocycles. The van der Waals surface area contributed by atoms with Gasteiger partial charge in [-0.3, -0.25) is 0 Å². The van der Waals surface area contributed by atoms with Gasteiger partial charge in [0, 0.05) is 6.54 Å². The molecule has 0 bridgehead atoms. The fourth-order valence-corrected chi connectivity index (χ4v) is 2.25. The minimum Gasteiger partial charge on any atom is -0.478 e. The molecule has 92 valence electrons. The number of carboxylic acid groups (broad SMARTS) is 1. The lowest BCUT2D eigenvalue weighted by atomic mass is 10.1. The van der Waals surface area contributed by atoms with Crippen molar-refractivity contribution in [2.75, 3.05) is 11.9 Å². The Kier molecular flexibility index (Phi) is 3.57. The van der Waals surface area contributed by atoms with Crippen LogP contribution in [-0.2, 0) is 0 Å². The van der Waals surface area contributed by atoms with Crippen LogP contribution >= 0.6 is 11.6 Å². The number of carbonyl (C=O) groups is 1. The summed E-state index contributed by atoms with van der Waals surface area (Å²) in [5.74, 6) is 0.391. The van der Waals surface area contributed by atoms with Crippen molar-refractivity contribution in [3.8, 4) is 0 Å². The maximum absolute atomic E-state index is 11.1. The smallest absolute Gasteiger partial charge is 0.339 e. The molecule has 1 aliphatic carbocycles. The molecule has 2 N–H and O–H groups in total. The SMILES string of the molecule is CC(CNc1cccc(Cl)c1C(=O)O)C1CC1. The zero-order chi connectivity index (χ0) is 12.4. The molecule has 1 aliphatic rings. The summed E-state index contributed by atoms with van der Waals surface area (Å²) < 4.78 is 0. The van der Waals surface area contributed by atoms with Crippen LogP contribution in [0.15, 0.2) is 18.2 Å². The predicted molar refractivity (Wildman–Crippen MR) is 68.8 cm³/mol. The molecule has 1 unspecified atom stereocenters. The number of hydrogen-bond acceptors (Lipinski definition) is 2. The number of aromatic carboxylic acids is 1. The average molecular weight is 254 g/mol. The van der Waals surface area contributed by atoms with Gasteiger partial charge >= 0.3 is 5.97 Å². The summed E-state index contributed by atoms with van der Waals surface area (Å²) in [7, 11) is 0. The molecule has 17 heavy (non-hydrogen) atoms. The number of rotatable bonds is 5. The fourth-order valence-electron chi connectivity index (χ4n) is 1.99. The Hall–Kier alpha value is -1.22. The monoisotopic (exact) mass is 253 g/mol. The second kappa shape index (κ2) is 4.96. The number of anilines is 1. The van der Waals surface area contributed by atoms with E-state index in [1.54, 1.807) is 18.2 Å². The van der Waals surface area contributed by atoms with Crippen molar-refractivity contribution in [2.45, 2.75) is 19.8 Å². The van der Waals surface area contributed by atoms with E-state index in [1.807, 2.05) is 0 Å². The highest BCUT2D eigenvalue weighted by atomic mass is 35.5. The lowest BCUT2D eigenvalue weighted by molar-refractivity contribution is 0.0698. The molecular formula is C13H16ClNO2. The van der Waals surface area contributed by atoms with E-state index in [9.17, 15) is 4.79 Å². The van der Waals surface area contributed by atoms with Crippen molar-refractivity contribution >= 4 is 23.3 Å². The van der Waals surface area contributed by atoms with Gasteiger partial charge in [0.2, 0.25) is 0 Å². The minimum absolute atomic E-state index is 0.164. The van der Waals surface area contributed by atoms with Crippen molar-refractivity contribution in [1.82, 2.24) is 0 Å². The van der Waals surface area contributed by atoms with Gasteiger partial charge in [-0.15, -0.1) is 0 Å². The van der Waals surface area contributed by atoms with Crippen LogP contribution in [0.3, 0.4) is 0 Å². The van der Waals surface area contributed by atoms with Crippen LogP contribution < -0.4 is 5.32 Å². The van der Waals surface area contributed by atoms with Crippen molar-refractivity contribution in [3.05, 3.63) is 28.8 Å². The molecule has 0 spiro atoms. The largest absolute Gasteiger partial charge is 0.478 e. The summed E-state index contributed by atoms with van der Waals surface area (Å²) in [6.45, 7) is 2.99. The molecule has 1 atom stereocenters. The molecule has 4 heteroatoms. The number of hydrogen-bond donors (Lipinski definition) is 2. The van der Waals surface area contributed by atoms with Crippen molar-refractivity contribution in [2.24, 2.45) is 11.8 Å². The highest BCUT2D eigenvalue weighted by molar-refractivity contribution is 6.34. The molecule has 0 saturated heterocycles. The molecule has 2 rings (SSSR count). The third-order valence-electron chi connectivity index (χ3n) is 3.27. The van der Waals surface area contributed by atoms with Gasteiger partial charge in [-0.1, -0.05) is 24.6 Å². The Labute approximate surface area is 106 Å². The highest BCUT2D eigenvalue weighted by Gasteiger charge is 2.27. The van der Waals surface area contributed by atoms with Crippen LogP contribution in [0.4, 0.5) is 5.69 Å². The van der Waals surface area contributed by atoms with Gasteiger partial charge < -0.3 is 10.4 Å². The standard InChI is InChI=1S/C13H16ClNO2/c1-8(9-5-6-9)7-15-11-4-2-3-10(14)12(11)13(16)17/h2-4,8-9,15H,5-7H2,1H3,(H,16,17). The van der Waals surface area contributed by atoms with Crippen LogP contribution in [0, 0.1) is 11.8 Å². The molecular weight excluding hydrogens is 238 g/mol. The van der Waals surface area contributed by atoms with Gasteiger partial charge in [0.15, 0.2) is 0 Å². The summed E-state index contributed by atoms with van der Waals surface area (Å²) in [5.41, 5.74) is 0.773. The topological polar surface area (TPSA) is 49.3 Å². The quantitative estimate of drug-likeness (QED) is 0.844. The first-order valence-corrected chi connectivity index (χ1v) is 6.23. The molecule has 1 fully saturated rings. The maximum atomic E-state index is 11.1. The number of carboxylic acids is 1. The Bertz CT molecular complexity index is 429. The van der Waals surface area contributed by atoms with Crippen molar-refractivity contribution in [1.29, 1.82) is 0 Å². The Balaban J connectivity index is 2.08. The van der Waals surface area contributed by atoms with Crippen molar-refractivity contribution < 1.29 is 9.90 Å². The summed E-state index contributed by atoms with van der Waals surface area (Å²) in [6, 6.07) is 5.12. The molecule has 1 aromatic rings. The number of nitrogens with one attached hydrogen (secondary N) is 1. The van der Waals surface area contributed by atoms with E-state index in [-0.39, 0.29) is 10.6 Å². The first kappa shape index (κ1) is 12.2. The second-order valence-corrected chi connectivity index (χ2v) is 5.07. The third-order valence-corrected chi connectivity index (χ3v) is 3.58. The zero-order valence-electron chi connectivity index (χ0n) is 9.74. The van der Waals surface area contributed by atoms with Gasteiger partial charge in [0.1, 0.15) is 5.56 Å². The van der Waals surface area contributed by atoms with Gasteiger partial charge in [0.25, 0.3) is 0 Å². The van der Waals surface area contributed by atoms with Crippen LogP contribution in [0.25, 0.3) is 0 Å². The fraction of sp³-hybridized carbons (Fsp3) is 0.462. The minimum atomic E-state index is -0.989. The van der Waals surface area contributed by atoms with Gasteiger partial charge in [0.05, 0.1) is 10.7 Å². The van der Waals surface area contributed by atoms with E-state index in [0.717, 1.165) is 12.5 Å². The van der Waals surface area contributed by atoms with E-state index >= 15 is 0 Å². The van der Waals surface area contributed by atoms with Gasteiger partial charge in [-0.2, -0.15) is 0 Å². The summed E-state index contributed by atoms with van der Waals surface area (Å²) >= 11 is 5.89. The Morgan fingerprint density at radius 1 is 1.59 bits per heavy atom. The summed E-state index contributed by atoms with van der Waals surface area (Å²) in [4.78, 5) is 11.1.